The Morgan fingerprint density at radius 3 is 2.94 bits per heavy atom. The fourth-order valence-electron chi connectivity index (χ4n) is 2.02. The maximum absolute atomic E-state index is 9.56. The topological polar surface area (TPSA) is 49.2 Å². The quantitative estimate of drug-likeness (QED) is 0.867. The minimum Gasteiger partial charge on any atom is -0.389 e. The second-order valence-corrected chi connectivity index (χ2v) is 5.67. The molecule has 2 heterocycles. The molecule has 0 aromatic carbocycles. The molecule has 4 nitrogen and oxygen atoms in total. The first kappa shape index (κ1) is 12.8. The van der Waals surface area contributed by atoms with Crippen molar-refractivity contribution in [3.05, 3.63) is 23.3 Å². The highest BCUT2D eigenvalue weighted by Gasteiger charge is 2.24. The lowest BCUT2D eigenvalue weighted by atomic mass is 10.1. The highest BCUT2D eigenvalue weighted by atomic mass is 32.2. The summed E-state index contributed by atoms with van der Waals surface area (Å²) in [6.45, 7) is 4.76. The van der Waals surface area contributed by atoms with E-state index >= 15 is 0 Å². The predicted molar refractivity (Wildman–Crippen MR) is 70.1 cm³/mol. The molecule has 5 heteroatoms. The van der Waals surface area contributed by atoms with Crippen LogP contribution in [0.25, 0.3) is 0 Å². The molecule has 94 valence electrons. The van der Waals surface area contributed by atoms with E-state index in [0.717, 1.165) is 29.4 Å². The second kappa shape index (κ2) is 5.33. The normalized spacial score (nSPS) is 23.6. The zero-order valence-electron chi connectivity index (χ0n) is 10.6. The van der Waals surface area contributed by atoms with Crippen molar-refractivity contribution in [2.45, 2.75) is 26.0 Å². The Kier molecular flexibility index (Phi) is 4.01. The maximum atomic E-state index is 9.56. The smallest absolute Gasteiger partial charge is 0.146 e. The lowest BCUT2D eigenvalue weighted by Gasteiger charge is -2.31. The summed E-state index contributed by atoms with van der Waals surface area (Å²) in [5.74, 6) is 3.10. The average Bonchev–Trinajstić information content (AvgIpc) is 2.29. The van der Waals surface area contributed by atoms with Crippen molar-refractivity contribution in [3.63, 3.8) is 0 Å². The van der Waals surface area contributed by atoms with E-state index in [1.807, 2.05) is 18.7 Å². The first-order chi connectivity index (χ1) is 8.09. The number of aliphatic hydroxyl groups excluding tert-OH is 1. The first-order valence-corrected chi connectivity index (χ1v) is 7.04. The molecule has 1 saturated heterocycles. The SMILES string of the molecule is Cc1nc(C2CSCCN2C)ncc1[C@@H](C)O. The third-order valence-corrected chi connectivity index (χ3v) is 4.20. The average molecular weight is 253 g/mol. The van der Waals surface area contributed by atoms with Crippen LogP contribution in [0.3, 0.4) is 0 Å². The van der Waals surface area contributed by atoms with Gasteiger partial charge in [-0.3, -0.25) is 4.90 Å². The van der Waals surface area contributed by atoms with Gasteiger partial charge in [-0.05, 0) is 20.9 Å². The minimum atomic E-state index is -0.498. The fourth-order valence-corrected chi connectivity index (χ4v) is 3.23. The predicted octanol–water partition coefficient (Wildman–Crippen LogP) is 1.56. The van der Waals surface area contributed by atoms with Gasteiger partial charge in [0.2, 0.25) is 0 Å². The number of hydrogen-bond acceptors (Lipinski definition) is 5. The van der Waals surface area contributed by atoms with Crippen molar-refractivity contribution in [1.82, 2.24) is 14.9 Å². The zero-order valence-corrected chi connectivity index (χ0v) is 11.4. The molecule has 0 saturated carbocycles. The molecule has 2 atom stereocenters. The molecular weight excluding hydrogens is 234 g/mol. The number of nitrogens with zero attached hydrogens (tertiary/aromatic N) is 3. The first-order valence-electron chi connectivity index (χ1n) is 5.89. The van der Waals surface area contributed by atoms with Gasteiger partial charge in [0.25, 0.3) is 0 Å². The minimum absolute atomic E-state index is 0.301. The fraction of sp³-hybridized carbons (Fsp3) is 0.667. The highest BCUT2D eigenvalue weighted by Crippen LogP contribution is 2.26. The molecule has 1 unspecified atom stereocenters. The van der Waals surface area contributed by atoms with E-state index in [-0.39, 0.29) is 0 Å². The van der Waals surface area contributed by atoms with Gasteiger partial charge in [-0.1, -0.05) is 0 Å². The third-order valence-electron chi connectivity index (χ3n) is 3.18. The van der Waals surface area contributed by atoms with Crippen LogP contribution in [0.5, 0.6) is 0 Å². The van der Waals surface area contributed by atoms with Crippen LogP contribution in [0.15, 0.2) is 6.20 Å². The lowest BCUT2D eigenvalue weighted by Crippen LogP contribution is -2.34. The van der Waals surface area contributed by atoms with Crippen LogP contribution < -0.4 is 0 Å². The van der Waals surface area contributed by atoms with Gasteiger partial charge in [-0.25, -0.2) is 9.97 Å². The van der Waals surface area contributed by atoms with E-state index in [0.29, 0.717) is 6.04 Å². The van der Waals surface area contributed by atoms with E-state index in [9.17, 15) is 5.11 Å². The second-order valence-electron chi connectivity index (χ2n) is 4.52. The van der Waals surface area contributed by atoms with Gasteiger partial charge < -0.3 is 5.11 Å². The van der Waals surface area contributed by atoms with Crippen LogP contribution in [0.1, 0.15) is 36.2 Å². The van der Waals surface area contributed by atoms with Crippen molar-refractivity contribution in [1.29, 1.82) is 0 Å². The van der Waals surface area contributed by atoms with E-state index in [4.69, 9.17) is 0 Å². The van der Waals surface area contributed by atoms with Crippen LogP contribution >= 0.6 is 11.8 Å². The molecule has 0 bridgehead atoms. The summed E-state index contributed by atoms with van der Waals surface area (Å²) in [6.07, 6.45) is 1.26. The molecule has 0 aliphatic carbocycles. The summed E-state index contributed by atoms with van der Waals surface area (Å²) in [7, 11) is 2.12. The molecule has 0 spiro atoms. The Balaban J connectivity index is 2.24. The molecule has 1 aromatic rings. The largest absolute Gasteiger partial charge is 0.389 e. The van der Waals surface area contributed by atoms with E-state index in [2.05, 4.69) is 21.9 Å². The monoisotopic (exact) mass is 253 g/mol. The molecule has 0 radical (unpaired) electrons. The Labute approximate surface area is 106 Å². The molecule has 2 rings (SSSR count). The number of hydrogen-bond donors (Lipinski definition) is 1. The molecule has 17 heavy (non-hydrogen) atoms. The lowest BCUT2D eigenvalue weighted by molar-refractivity contribution is 0.197. The van der Waals surface area contributed by atoms with Gasteiger partial charge >= 0.3 is 0 Å². The Morgan fingerprint density at radius 2 is 2.35 bits per heavy atom. The summed E-state index contributed by atoms with van der Waals surface area (Å²) >= 11 is 1.95. The molecule has 1 N–H and O–H groups in total. The molecule has 0 amide bonds. The van der Waals surface area contributed by atoms with Crippen molar-refractivity contribution >= 4 is 11.8 Å². The van der Waals surface area contributed by atoms with Gasteiger partial charge in [0.15, 0.2) is 0 Å². The van der Waals surface area contributed by atoms with Crippen molar-refractivity contribution in [3.8, 4) is 0 Å². The number of rotatable bonds is 2. The van der Waals surface area contributed by atoms with Crippen LogP contribution in [0.2, 0.25) is 0 Å². The number of thioether (sulfide) groups is 1. The summed E-state index contributed by atoms with van der Waals surface area (Å²) in [4.78, 5) is 11.3. The van der Waals surface area contributed by atoms with E-state index in [1.165, 1.54) is 5.75 Å². The van der Waals surface area contributed by atoms with Crippen LogP contribution in [0.4, 0.5) is 0 Å². The Bertz CT molecular complexity index is 397. The third kappa shape index (κ3) is 2.78. The van der Waals surface area contributed by atoms with Crippen molar-refractivity contribution in [2.75, 3.05) is 25.1 Å². The van der Waals surface area contributed by atoms with E-state index < -0.39 is 6.10 Å². The molecule has 1 fully saturated rings. The Morgan fingerprint density at radius 1 is 1.59 bits per heavy atom. The van der Waals surface area contributed by atoms with Crippen molar-refractivity contribution in [2.24, 2.45) is 0 Å². The summed E-state index contributed by atoms with van der Waals surface area (Å²) < 4.78 is 0. The molecule has 1 aliphatic heterocycles. The van der Waals surface area contributed by atoms with Gasteiger partial charge in [-0.15, -0.1) is 0 Å². The van der Waals surface area contributed by atoms with Crippen LogP contribution in [-0.4, -0.2) is 45.1 Å². The van der Waals surface area contributed by atoms with Gasteiger partial charge in [0.05, 0.1) is 12.1 Å². The Hall–Kier alpha value is -0.650. The molecule has 1 aromatic heterocycles. The van der Waals surface area contributed by atoms with E-state index in [1.54, 1.807) is 13.1 Å². The number of aryl methyl sites for hydroxylation is 1. The summed E-state index contributed by atoms with van der Waals surface area (Å²) in [5, 5.41) is 9.56. The maximum Gasteiger partial charge on any atom is 0.146 e. The highest BCUT2D eigenvalue weighted by molar-refractivity contribution is 7.99. The van der Waals surface area contributed by atoms with Crippen molar-refractivity contribution < 1.29 is 5.11 Å². The molecular formula is C12H19N3OS. The standard InChI is InChI=1S/C12H19N3OS/c1-8-10(9(2)16)6-13-12(14-8)11-7-17-5-4-15(11)3/h6,9,11,16H,4-5,7H2,1-3H3/t9-,11?/m1/s1. The summed E-state index contributed by atoms with van der Waals surface area (Å²) in [5.41, 5.74) is 1.70. The van der Waals surface area contributed by atoms with Crippen LogP contribution in [-0.2, 0) is 0 Å². The molecule has 1 aliphatic rings. The van der Waals surface area contributed by atoms with Gasteiger partial charge in [-0.2, -0.15) is 11.8 Å². The van der Waals surface area contributed by atoms with Crippen LogP contribution in [0, 0.1) is 6.92 Å². The van der Waals surface area contributed by atoms with Gasteiger partial charge in [0, 0.05) is 35.5 Å². The van der Waals surface area contributed by atoms with Gasteiger partial charge in [0.1, 0.15) is 5.82 Å². The zero-order chi connectivity index (χ0) is 12.4. The number of aromatic nitrogens is 2. The number of aliphatic hydroxyl groups is 1. The summed E-state index contributed by atoms with van der Waals surface area (Å²) in [6, 6.07) is 0.301.